The van der Waals surface area contributed by atoms with Crippen molar-refractivity contribution in [1.82, 2.24) is 14.3 Å². The van der Waals surface area contributed by atoms with Crippen molar-refractivity contribution in [2.75, 3.05) is 14.1 Å². The van der Waals surface area contributed by atoms with E-state index in [1.54, 1.807) is 0 Å². The fraction of sp³-hybridized carbons (Fsp3) is 0.235. The van der Waals surface area contributed by atoms with Gasteiger partial charge in [-0.05, 0) is 38.7 Å². The van der Waals surface area contributed by atoms with E-state index in [2.05, 4.69) is 72.9 Å². The van der Waals surface area contributed by atoms with Crippen molar-refractivity contribution in [3.05, 3.63) is 59.9 Å². The largest absolute Gasteiger partial charge is 0.304 e. The average Bonchev–Trinajstić information content (AvgIpc) is 2.77. The van der Waals surface area contributed by atoms with Crippen molar-refractivity contribution in [2.24, 2.45) is 0 Å². The molecule has 0 aliphatic carbocycles. The summed E-state index contributed by atoms with van der Waals surface area (Å²) in [5.41, 5.74) is 5.73. The van der Waals surface area contributed by atoms with Crippen molar-refractivity contribution in [1.29, 1.82) is 0 Å². The molecule has 0 spiro atoms. The summed E-state index contributed by atoms with van der Waals surface area (Å²) in [7, 11) is 4.17. The molecule has 3 aromatic rings. The molecule has 0 amide bonds. The van der Waals surface area contributed by atoms with E-state index in [0.29, 0.717) is 0 Å². The molecule has 0 saturated heterocycles. The standard InChI is InChI=1S/C17H19N3.2ClH/c1-13-9-10-20-15(12-19(2)3)17(18-16(20)11-13)14-7-5-4-6-8-14;;/h4-11H,12H2,1-3H3;2*1H. The van der Waals surface area contributed by atoms with Gasteiger partial charge < -0.3 is 9.30 Å². The molecule has 22 heavy (non-hydrogen) atoms. The molecule has 3 rings (SSSR count). The number of pyridine rings is 1. The molecule has 2 heterocycles. The molecule has 3 nitrogen and oxygen atoms in total. The van der Waals surface area contributed by atoms with Gasteiger partial charge in [-0.1, -0.05) is 30.3 Å². The van der Waals surface area contributed by atoms with Crippen LogP contribution in [0.5, 0.6) is 0 Å². The predicted molar refractivity (Wildman–Crippen MR) is 97.3 cm³/mol. The van der Waals surface area contributed by atoms with Crippen LogP contribution in [0.25, 0.3) is 16.9 Å². The summed E-state index contributed by atoms with van der Waals surface area (Å²) in [6.07, 6.45) is 2.11. The number of aromatic nitrogens is 2. The molecular formula is C17H21Cl2N3. The van der Waals surface area contributed by atoms with Crippen molar-refractivity contribution < 1.29 is 0 Å². The van der Waals surface area contributed by atoms with Crippen molar-refractivity contribution in [2.45, 2.75) is 13.5 Å². The van der Waals surface area contributed by atoms with Gasteiger partial charge >= 0.3 is 0 Å². The Morgan fingerprint density at radius 3 is 2.36 bits per heavy atom. The second-order valence-electron chi connectivity index (χ2n) is 5.44. The molecule has 0 bridgehead atoms. The number of halogens is 2. The Balaban J connectivity index is 0.00000121. The molecule has 0 radical (unpaired) electrons. The number of nitrogens with zero attached hydrogens (tertiary/aromatic N) is 3. The molecule has 0 fully saturated rings. The molecule has 0 saturated carbocycles. The fourth-order valence-electron chi connectivity index (χ4n) is 2.48. The third-order valence-electron chi connectivity index (χ3n) is 3.39. The van der Waals surface area contributed by atoms with Gasteiger partial charge in [0.1, 0.15) is 5.65 Å². The molecule has 0 atom stereocenters. The van der Waals surface area contributed by atoms with Crippen LogP contribution in [0, 0.1) is 6.92 Å². The van der Waals surface area contributed by atoms with Crippen LogP contribution in [-0.4, -0.2) is 28.4 Å². The van der Waals surface area contributed by atoms with E-state index >= 15 is 0 Å². The quantitative estimate of drug-likeness (QED) is 0.713. The topological polar surface area (TPSA) is 20.5 Å². The van der Waals surface area contributed by atoms with E-state index < -0.39 is 0 Å². The normalized spacial score (nSPS) is 10.4. The van der Waals surface area contributed by atoms with Gasteiger partial charge in [-0.2, -0.15) is 0 Å². The Morgan fingerprint density at radius 2 is 1.73 bits per heavy atom. The van der Waals surface area contributed by atoms with E-state index in [1.807, 2.05) is 6.07 Å². The number of benzene rings is 1. The van der Waals surface area contributed by atoms with Crippen molar-refractivity contribution in [3.8, 4) is 11.3 Å². The van der Waals surface area contributed by atoms with Crippen LogP contribution in [0.2, 0.25) is 0 Å². The maximum Gasteiger partial charge on any atom is 0.137 e. The highest BCUT2D eigenvalue weighted by atomic mass is 35.5. The monoisotopic (exact) mass is 337 g/mol. The average molecular weight is 338 g/mol. The Bertz CT molecular complexity index is 736. The van der Waals surface area contributed by atoms with E-state index in [1.165, 1.54) is 16.8 Å². The van der Waals surface area contributed by atoms with E-state index in [4.69, 9.17) is 4.98 Å². The molecule has 0 aliphatic heterocycles. The first kappa shape index (κ1) is 18.5. The van der Waals surface area contributed by atoms with Crippen molar-refractivity contribution in [3.63, 3.8) is 0 Å². The molecule has 118 valence electrons. The first-order chi connectivity index (χ1) is 9.65. The second kappa shape index (κ2) is 7.63. The van der Waals surface area contributed by atoms with Gasteiger partial charge in [-0.25, -0.2) is 4.98 Å². The third kappa shape index (κ3) is 3.61. The third-order valence-corrected chi connectivity index (χ3v) is 3.39. The van der Waals surface area contributed by atoms with Gasteiger partial charge in [0.2, 0.25) is 0 Å². The zero-order valence-corrected chi connectivity index (χ0v) is 14.6. The van der Waals surface area contributed by atoms with E-state index in [-0.39, 0.29) is 24.8 Å². The molecule has 0 aliphatic rings. The molecule has 1 aromatic carbocycles. The van der Waals surface area contributed by atoms with E-state index in [0.717, 1.165) is 17.9 Å². The summed E-state index contributed by atoms with van der Waals surface area (Å²) in [4.78, 5) is 7.01. The maximum atomic E-state index is 4.83. The molecule has 5 heteroatoms. The number of hydrogen-bond acceptors (Lipinski definition) is 2. The number of rotatable bonds is 3. The number of aryl methyl sites for hydroxylation is 1. The molecule has 2 aromatic heterocycles. The highest BCUT2D eigenvalue weighted by Gasteiger charge is 2.14. The molecule has 0 N–H and O–H groups in total. The minimum absolute atomic E-state index is 0. The summed E-state index contributed by atoms with van der Waals surface area (Å²) >= 11 is 0. The van der Waals surface area contributed by atoms with Crippen LogP contribution in [0.15, 0.2) is 48.7 Å². The highest BCUT2D eigenvalue weighted by molar-refractivity contribution is 5.85. The van der Waals surface area contributed by atoms with Crippen LogP contribution in [0.4, 0.5) is 0 Å². The Morgan fingerprint density at radius 1 is 1.05 bits per heavy atom. The Kier molecular flexibility index (Phi) is 6.42. The fourth-order valence-corrected chi connectivity index (χ4v) is 2.48. The lowest BCUT2D eigenvalue weighted by Gasteiger charge is -2.11. The summed E-state index contributed by atoms with van der Waals surface area (Å²) in [5.74, 6) is 0. The minimum atomic E-state index is 0. The smallest absolute Gasteiger partial charge is 0.137 e. The Hall–Kier alpha value is -1.55. The van der Waals surface area contributed by atoms with Crippen LogP contribution in [-0.2, 0) is 6.54 Å². The lowest BCUT2D eigenvalue weighted by atomic mass is 10.1. The van der Waals surface area contributed by atoms with Crippen LogP contribution < -0.4 is 0 Å². The first-order valence-corrected chi connectivity index (χ1v) is 6.83. The zero-order chi connectivity index (χ0) is 14.1. The SMILES string of the molecule is Cc1ccn2c(CN(C)C)c(-c3ccccc3)nc2c1.Cl.Cl. The zero-order valence-electron chi connectivity index (χ0n) is 13.0. The Labute approximate surface area is 143 Å². The molecule has 0 unspecified atom stereocenters. The van der Waals surface area contributed by atoms with Gasteiger partial charge in [0.05, 0.1) is 11.4 Å². The summed E-state index contributed by atoms with van der Waals surface area (Å²) < 4.78 is 2.19. The number of hydrogen-bond donors (Lipinski definition) is 0. The first-order valence-electron chi connectivity index (χ1n) is 6.83. The summed E-state index contributed by atoms with van der Waals surface area (Å²) in [6, 6.07) is 14.7. The van der Waals surface area contributed by atoms with Gasteiger partial charge in [-0.15, -0.1) is 24.8 Å². The van der Waals surface area contributed by atoms with Crippen LogP contribution in [0.3, 0.4) is 0 Å². The number of imidazole rings is 1. The van der Waals surface area contributed by atoms with Crippen LogP contribution in [0.1, 0.15) is 11.3 Å². The van der Waals surface area contributed by atoms with E-state index in [9.17, 15) is 0 Å². The lowest BCUT2D eigenvalue weighted by molar-refractivity contribution is 0.396. The second-order valence-corrected chi connectivity index (χ2v) is 5.44. The van der Waals surface area contributed by atoms with Gasteiger partial charge in [0.25, 0.3) is 0 Å². The number of fused-ring (bicyclic) bond motifs is 1. The van der Waals surface area contributed by atoms with Crippen LogP contribution >= 0.6 is 24.8 Å². The van der Waals surface area contributed by atoms with Gasteiger partial charge in [0.15, 0.2) is 0 Å². The summed E-state index contributed by atoms with van der Waals surface area (Å²) in [5, 5.41) is 0. The molecular weight excluding hydrogens is 317 g/mol. The lowest BCUT2D eigenvalue weighted by Crippen LogP contribution is -2.13. The predicted octanol–water partition coefficient (Wildman–Crippen LogP) is 4.21. The van der Waals surface area contributed by atoms with Gasteiger partial charge in [-0.3, -0.25) is 0 Å². The van der Waals surface area contributed by atoms with Crippen molar-refractivity contribution >= 4 is 30.5 Å². The maximum absolute atomic E-state index is 4.83. The highest BCUT2D eigenvalue weighted by Crippen LogP contribution is 2.25. The minimum Gasteiger partial charge on any atom is -0.304 e. The van der Waals surface area contributed by atoms with Gasteiger partial charge in [0, 0.05) is 18.3 Å². The summed E-state index contributed by atoms with van der Waals surface area (Å²) in [6.45, 7) is 2.97.